The number of carboxylic acid groups (broad SMARTS) is 1. The van der Waals surface area contributed by atoms with Crippen LogP contribution in [0.15, 0.2) is 325 Å². The van der Waals surface area contributed by atoms with Gasteiger partial charge in [-0.25, -0.2) is 4.98 Å². The molecular formula is C104H77B2BrClFKN5O9S5. The molecule has 0 bridgehead atoms. The maximum absolute atomic E-state index is 12.4. The number of fused-ring (bicyclic) bond motifs is 27. The Hall–Kier alpha value is -11.1. The topological polar surface area (TPSA) is 244 Å². The third-order valence-corrected chi connectivity index (χ3v) is 29.5. The average molecular weight is 1900 g/mol. The van der Waals surface area contributed by atoms with Gasteiger partial charge >= 0.3 is 65.6 Å². The first kappa shape index (κ1) is 89.9. The molecule has 129 heavy (non-hydrogen) atoms. The van der Waals surface area contributed by atoms with Gasteiger partial charge in [0, 0.05) is 144 Å². The monoisotopic (exact) mass is 1890 g/mol. The molecule has 0 radical (unpaired) electrons. The number of nitrogens with two attached hydrogens (primary N) is 2. The maximum atomic E-state index is 12.4. The number of primary amides is 2. The maximum Gasteiger partial charge on any atom is 1.00 e. The van der Waals surface area contributed by atoms with Crippen molar-refractivity contribution in [1.29, 1.82) is 0 Å². The van der Waals surface area contributed by atoms with Crippen LogP contribution in [0, 0.1) is 0 Å². The van der Waals surface area contributed by atoms with Crippen molar-refractivity contribution < 1.29 is 96.0 Å². The number of nitrogens with one attached hydrogen (secondary N) is 1. The van der Waals surface area contributed by atoms with Gasteiger partial charge in [0.1, 0.15) is 5.15 Å². The van der Waals surface area contributed by atoms with Crippen LogP contribution >= 0.6 is 84.2 Å². The number of amides is 2. The molecule has 9 heterocycles. The molecule has 1 aliphatic rings. The summed E-state index contributed by atoms with van der Waals surface area (Å²) in [6, 6.07) is 106. The van der Waals surface area contributed by atoms with Crippen LogP contribution in [0.25, 0.3) is 177 Å². The quantitative estimate of drug-likeness (QED) is 0.0616. The third kappa shape index (κ3) is 18.2. The van der Waals surface area contributed by atoms with Crippen molar-refractivity contribution in [3.63, 3.8) is 0 Å². The molecule has 630 valence electrons. The van der Waals surface area contributed by atoms with Gasteiger partial charge in [-0.05, 0) is 180 Å². The number of benzene rings is 15. The van der Waals surface area contributed by atoms with Crippen LogP contribution in [0.4, 0.5) is 4.39 Å². The van der Waals surface area contributed by atoms with Gasteiger partial charge in [0.25, 0.3) is 5.56 Å². The Bertz CT molecular complexity index is 8380. The molecule has 2 amide bonds. The van der Waals surface area contributed by atoms with Gasteiger partial charge in [-0.15, -0.1) is 56.7 Å². The number of pyridine rings is 3. The molecule has 0 spiro atoms. The molecule has 1 saturated heterocycles. The van der Waals surface area contributed by atoms with Crippen molar-refractivity contribution in [2.75, 3.05) is 7.15 Å². The van der Waals surface area contributed by atoms with Crippen LogP contribution in [-0.4, -0.2) is 75.4 Å². The van der Waals surface area contributed by atoms with E-state index in [-0.39, 0.29) is 56.9 Å². The molecule has 1 fully saturated rings. The number of thiophene rings is 5. The number of carbonyl (C=O) groups excluding carboxylic acids is 3. The Balaban J connectivity index is 0.000000115. The number of alkyl halides is 1. The van der Waals surface area contributed by atoms with Crippen molar-refractivity contribution in [1.82, 2.24) is 15.0 Å². The van der Waals surface area contributed by atoms with E-state index < -0.39 is 50.4 Å². The van der Waals surface area contributed by atoms with Crippen molar-refractivity contribution in [3.8, 4) is 11.1 Å². The van der Waals surface area contributed by atoms with Crippen LogP contribution in [0.5, 0.6) is 0 Å². The standard InChI is InChI=1S/C25H22BNO2S.C19H10ClNS.C19H11NOS.C19H13NOS.C12H9BO2S.C7H6BrNO.C2H4O2.CH3F.K/c1-24(2)25(3,4)29-26(28-24)23-17-10-6-5-9-15(17)16-13-14-20-21(22(16)27-23)18-11-7-8-12-19(18)30-20;20-19-13-6-2-1-5-11(13)12-9-10-16-17(18(12)21-19)14-7-3-4-8-15(14)22-16;21-19-13-6-2-1-5-11(13)12-9-10-16-17(18(12)20-19)14-7-3-4-8-15(14)22-16;20-19(21)15-7-2-1-5-13(15)12-9-10-18-16(11-12)14-6-3-4-8-17(14)22-18;14-13(15)8-5-6-12-10(7-8)9-3-1-2-4-11(9)16-12;8-6-4-2-1-3-5(6)7(9)10;1-2(3)4;1-2;/h5-14H,1-4H3;1-10H;1-10H,(H,20,21);1-11H,(H2,20,21);1-7,14-15H;1-4H,(H2,9,10);1H3,(H,3,4);1H3;/q;;;;;;;;+1/p-1/i;;;;;;;1D;. The molecule has 0 aliphatic carbocycles. The predicted octanol–water partition coefficient (Wildman–Crippen LogP) is 22.0. The van der Waals surface area contributed by atoms with Crippen molar-refractivity contribution in [2.45, 2.75) is 45.8 Å². The second-order valence-electron chi connectivity index (χ2n) is 31.2. The van der Waals surface area contributed by atoms with Gasteiger partial charge in [-0.1, -0.05) is 236 Å². The summed E-state index contributed by atoms with van der Waals surface area (Å²) in [7, 11) is -2.90. The van der Waals surface area contributed by atoms with Gasteiger partial charge < -0.3 is 45.7 Å². The molecule has 14 nitrogen and oxygen atoms in total. The minimum absolute atomic E-state index is 0. The van der Waals surface area contributed by atoms with Crippen LogP contribution in [0.1, 0.15) is 56.7 Å². The summed E-state index contributed by atoms with van der Waals surface area (Å²) in [5.41, 5.74) is 17.0. The van der Waals surface area contributed by atoms with Gasteiger partial charge in [-0.3, -0.25) is 23.8 Å². The summed E-state index contributed by atoms with van der Waals surface area (Å²) >= 11 is 18.5. The van der Waals surface area contributed by atoms with E-state index in [0.29, 0.717) is 21.7 Å². The largest absolute Gasteiger partial charge is 1.00 e. The van der Waals surface area contributed by atoms with E-state index in [1.165, 1.54) is 101 Å². The number of H-pyrrole nitrogens is 1. The summed E-state index contributed by atoms with van der Waals surface area (Å²) in [5, 5.41) is 49.4. The van der Waals surface area contributed by atoms with E-state index in [1.807, 2.05) is 108 Å². The molecule has 7 N–H and O–H groups in total. The first-order valence-corrected chi connectivity index (χ1v) is 45.9. The molecule has 25 heteroatoms. The zero-order chi connectivity index (χ0) is 90.1. The fraction of sp³-hybridized carbons (Fsp3) is 0.0769. The number of hydrogen-bond donors (Lipinski definition) is 5. The Morgan fingerprint density at radius 2 is 0.791 bits per heavy atom. The Morgan fingerprint density at radius 1 is 0.442 bits per heavy atom. The van der Waals surface area contributed by atoms with Crippen LogP contribution in [-0.2, 0) is 14.1 Å². The second-order valence-corrected chi connectivity index (χ2v) is 37.8. The molecule has 0 unspecified atom stereocenters. The van der Waals surface area contributed by atoms with E-state index >= 15 is 0 Å². The number of aromatic amines is 1. The van der Waals surface area contributed by atoms with Crippen LogP contribution < -0.4 is 84.6 Å². The van der Waals surface area contributed by atoms with Gasteiger partial charge in [-0.2, -0.15) is 0 Å². The van der Waals surface area contributed by atoms with Crippen LogP contribution in [0.3, 0.4) is 0 Å². The molecular weight excluding hydrogens is 1820 g/mol. The zero-order valence-electron chi connectivity index (χ0n) is 71.4. The molecule has 1 aliphatic heterocycles. The number of carboxylic acids is 1. The molecule has 0 saturated carbocycles. The van der Waals surface area contributed by atoms with Crippen molar-refractivity contribution >= 4 is 293 Å². The van der Waals surface area contributed by atoms with Crippen molar-refractivity contribution in [3.05, 3.63) is 347 Å². The first-order valence-electron chi connectivity index (χ1n) is 41.3. The first-order chi connectivity index (χ1) is 62.4. The number of rotatable bonds is 5. The smallest absolute Gasteiger partial charge is 0.550 e. The van der Waals surface area contributed by atoms with Gasteiger partial charge in [0.05, 0.1) is 47.4 Å². The summed E-state index contributed by atoms with van der Waals surface area (Å²) in [5.74, 6) is -1.89. The number of halogens is 3. The molecule has 23 aromatic rings. The average Bonchev–Trinajstić information content (AvgIpc) is 1.54. The zero-order valence-corrected chi connectivity index (χ0v) is 79.9. The fourth-order valence-corrected chi connectivity index (χ4v) is 22.5. The summed E-state index contributed by atoms with van der Waals surface area (Å²) in [4.78, 5) is 56.6. The molecule has 8 aromatic heterocycles. The number of nitrogens with zero attached hydrogens (tertiary/aromatic N) is 2. The van der Waals surface area contributed by atoms with E-state index in [1.54, 1.807) is 75.7 Å². The number of carbonyl (C=O) groups is 3. The molecule has 24 rings (SSSR count). The summed E-state index contributed by atoms with van der Waals surface area (Å²) in [6.07, 6.45) is 0. The minimum atomic E-state index is -1.40. The van der Waals surface area contributed by atoms with E-state index in [4.69, 9.17) is 63.7 Å². The second kappa shape index (κ2) is 38.9. The summed E-state index contributed by atoms with van der Waals surface area (Å²) < 4.78 is 41.5. The fourth-order valence-electron chi connectivity index (χ4n) is 16.3. The van der Waals surface area contributed by atoms with Crippen molar-refractivity contribution in [2.24, 2.45) is 11.5 Å². The van der Waals surface area contributed by atoms with E-state index in [2.05, 4.69) is 237 Å². The van der Waals surface area contributed by atoms with Crippen LogP contribution in [0.2, 0.25) is 5.15 Å². The normalized spacial score (nSPS) is 12.6. The molecule has 15 aromatic carbocycles. The number of aliphatic carboxylic acids is 1. The number of hydrogen-bond acceptors (Lipinski definition) is 16. The predicted molar refractivity (Wildman–Crippen MR) is 543 cm³/mol. The van der Waals surface area contributed by atoms with E-state index in [0.717, 1.165) is 93.1 Å². The minimum Gasteiger partial charge on any atom is -0.550 e. The molecule has 0 atom stereocenters. The van der Waals surface area contributed by atoms with Gasteiger partial charge in [0.15, 0.2) is 0 Å². The van der Waals surface area contributed by atoms with E-state index in [9.17, 15) is 18.8 Å². The Morgan fingerprint density at radius 3 is 1.28 bits per heavy atom. The van der Waals surface area contributed by atoms with Gasteiger partial charge in [0.2, 0.25) is 11.8 Å². The SMILES string of the molecule is CC(=O)[O-].CC1(C)OB(c2nc3c(ccc4sc5ccccc5c43)c3ccccc23)OC1(C)C.Clc1nc2c(ccc3sc4ccccc4c32)c2ccccc12.NC(=O)c1ccccc1-c1ccc2sc3ccccc3c2c1.NC(=O)c1ccccc1Br.O=c1[nH]c2c(ccc3sc4ccccc4c32)c2ccccc12.OB(O)c1ccc2sc3ccccc3c2c1.[2H]CF.[K+]. The summed E-state index contributed by atoms with van der Waals surface area (Å²) in [6.45, 7) is 9.31. The number of aromatic nitrogens is 3. The Labute approximate surface area is 817 Å². The Kier molecular flexibility index (Phi) is 27.1. The third-order valence-electron chi connectivity index (χ3n) is 22.8.